The van der Waals surface area contributed by atoms with E-state index in [1.807, 2.05) is 30.3 Å². The van der Waals surface area contributed by atoms with Gasteiger partial charge < -0.3 is 9.84 Å². The molecule has 0 bridgehead atoms. The Morgan fingerprint density at radius 2 is 1.85 bits per heavy atom. The van der Waals surface area contributed by atoms with Crippen LogP contribution in [0.5, 0.6) is 5.75 Å². The van der Waals surface area contributed by atoms with Gasteiger partial charge in [-0.25, -0.2) is 8.42 Å². The van der Waals surface area contributed by atoms with E-state index >= 15 is 0 Å². The highest BCUT2D eigenvalue weighted by molar-refractivity contribution is 7.89. The Balaban J connectivity index is 1.85. The van der Waals surface area contributed by atoms with Crippen LogP contribution in [-0.4, -0.2) is 43.4 Å². The van der Waals surface area contributed by atoms with E-state index in [0.29, 0.717) is 5.57 Å². The zero-order valence-corrected chi connectivity index (χ0v) is 15.1. The number of ketones is 1. The molecule has 4 rings (SSSR count). The number of rotatable bonds is 3. The molecule has 2 heterocycles. The summed E-state index contributed by atoms with van der Waals surface area (Å²) < 4.78 is 32.6. The van der Waals surface area contributed by atoms with Crippen molar-refractivity contribution < 1.29 is 23.1 Å². The van der Waals surface area contributed by atoms with Gasteiger partial charge in [0.05, 0.1) is 18.0 Å². The lowest BCUT2D eigenvalue weighted by molar-refractivity contribution is 0.0996. The molecule has 2 aromatic carbocycles. The Morgan fingerprint density at radius 1 is 1.11 bits per heavy atom. The molecule has 0 saturated carbocycles. The molecule has 0 atom stereocenters. The molecule has 0 aliphatic carbocycles. The molecule has 0 spiro atoms. The first-order valence-corrected chi connectivity index (χ1v) is 9.88. The molecule has 7 heteroatoms. The van der Waals surface area contributed by atoms with E-state index in [-0.39, 0.29) is 29.3 Å². The van der Waals surface area contributed by atoms with Crippen LogP contribution in [0.2, 0.25) is 0 Å². The Hall–Kier alpha value is -2.90. The van der Waals surface area contributed by atoms with E-state index in [1.165, 1.54) is 18.2 Å². The molecule has 0 amide bonds. The molecule has 2 aliphatic heterocycles. The van der Waals surface area contributed by atoms with Gasteiger partial charge in [-0.15, -0.1) is 0 Å². The van der Waals surface area contributed by atoms with Crippen LogP contribution in [0.1, 0.15) is 15.9 Å². The number of allylic oxidation sites excluding steroid dienone is 1. The number of para-hydroxylation sites is 1. The summed E-state index contributed by atoms with van der Waals surface area (Å²) in [6, 6.07) is 13.6. The zero-order chi connectivity index (χ0) is 19.0. The summed E-state index contributed by atoms with van der Waals surface area (Å²) in [5, 5.41) is 9.35. The number of β-amino-alcohol motifs (C(OH)–C–C–N with tert-alkyl or cyclic N) is 1. The van der Waals surface area contributed by atoms with Crippen molar-refractivity contribution in [3.05, 3.63) is 77.0 Å². The first kappa shape index (κ1) is 17.5. The first-order valence-electron chi connectivity index (χ1n) is 8.44. The van der Waals surface area contributed by atoms with Gasteiger partial charge in [-0.1, -0.05) is 30.3 Å². The molecule has 0 unspecified atom stereocenters. The van der Waals surface area contributed by atoms with Crippen molar-refractivity contribution in [1.82, 2.24) is 4.31 Å². The van der Waals surface area contributed by atoms with Crippen molar-refractivity contribution in [1.29, 1.82) is 0 Å². The van der Waals surface area contributed by atoms with E-state index < -0.39 is 22.4 Å². The molecular formula is C20H17NO5S. The third-order valence-electron chi connectivity index (χ3n) is 4.48. The Morgan fingerprint density at radius 3 is 2.67 bits per heavy atom. The summed E-state index contributed by atoms with van der Waals surface area (Å²) in [6.07, 6.45) is 3.39. The first-order chi connectivity index (χ1) is 13.0. The fourth-order valence-electron chi connectivity index (χ4n) is 3.24. The number of aliphatic hydroxyl groups excluding tert-OH is 1. The number of sulfonamides is 1. The number of hydrogen-bond acceptors (Lipinski definition) is 5. The molecule has 1 N–H and O–H groups in total. The fraction of sp³-hybridized carbons (Fsp3) is 0.150. The van der Waals surface area contributed by atoms with Crippen LogP contribution < -0.4 is 4.74 Å². The Kier molecular flexibility index (Phi) is 4.33. The van der Waals surface area contributed by atoms with Crippen LogP contribution in [0.25, 0.3) is 6.08 Å². The minimum Gasteiger partial charge on any atom is -0.488 e. The van der Waals surface area contributed by atoms with Gasteiger partial charge in [0.1, 0.15) is 18.1 Å². The Labute approximate surface area is 157 Å². The van der Waals surface area contributed by atoms with E-state index in [2.05, 4.69) is 0 Å². The van der Waals surface area contributed by atoms with Crippen LogP contribution >= 0.6 is 0 Å². The number of aliphatic hydroxyl groups is 1. The van der Waals surface area contributed by atoms with Crippen molar-refractivity contribution in [2.75, 3.05) is 19.8 Å². The number of nitrogens with zero attached hydrogens (tertiary/aromatic N) is 1. The van der Waals surface area contributed by atoms with Crippen LogP contribution in [0.3, 0.4) is 0 Å². The van der Waals surface area contributed by atoms with E-state index in [9.17, 15) is 18.3 Å². The monoisotopic (exact) mass is 383 g/mol. The highest BCUT2D eigenvalue weighted by atomic mass is 32.2. The SMILES string of the molecule is O=C1C(=CC2=Cc3ccccc3OC2)N(CCO)S(=O)(=O)c2ccccc21. The van der Waals surface area contributed by atoms with E-state index in [1.54, 1.807) is 12.1 Å². The number of carbonyl (C=O) groups excluding carboxylic acids is 1. The predicted molar refractivity (Wildman–Crippen MR) is 99.7 cm³/mol. The van der Waals surface area contributed by atoms with Gasteiger partial charge in [0.25, 0.3) is 10.0 Å². The van der Waals surface area contributed by atoms with Gasteiger partial charge in [-0.3, -0.25) is 9.10 Å². The van der Waals surface area contributed by atoms with Gasteiger partial charge in [0.2, 0.25) is 5.78 Å². The molecule has 6 nitrogen and oxygen atoms in total. The number of carbonyl (C=O) groups is 1. The maximum atomic E-state index is 13.0. The summed E-state index contributed by atoms with van der Waals surface area (Å²) in [5.74, 6) is 0.341. The van der Waals surface area contributed by atoms with Crippen molar-refractivity contribution in [3.63, 3.8) is 0 Å². The molecule has 138 valence electrons. The number of benzene rings is 2. The largest absolute Gasteiger partial charge is 0.488 e. The summed E-state index contributed by atoms with van der Waals surface area (Å²) >= 11 is 0. The average Bonchev–Trinajstić information content (AvgIpc) is 2.69. The number of Topliss-reactive ketones (excluding diaryl/α,β-unsaturated/α-hetero) is 1. The lowest BCUT2D eigenvalue weighted by Gasteiger charge is -2.31. The molecule has 0 radical (unpaired) electrons. The third-order valence-corrected chi connectivity index (χ3v) is 6.35. The number of ether oxygens (including phenoxy) is 1. The van der Waals surface area contributed by atoms with Gasteiger partial charge >= 0.3 is 0 Å². The smallest absolute Gasteiger partial charge is 0.265 e. The lowest BCUT2D eigenvalue weighted by atomic mass is 10.0. The van der Waals surface area contributed by atoms with Crippen molar-refractivity contribution in [3.8, 4) is 5.75 Å². The van der Waals surface area contributed by atoms with E-state index in [4.69, 9.17) is 4.74 Å². The zero-order valence-electron chi connectivity index (χ0n) is 14.3. The summed E-state index contributed by atoms with van der Waals surface area (Å²) in [4.78, 5) is 12.9. The normalized spacial score (nSPS) is 19.1. The second-order valence-electron chi connectivity index (χ2n) is 6.20. The van der Waals surface area contributed by atoms with Gasteiger partial charge in [0, 0.05) is 11.1 Å². The fourth-order valence-corrected chi connectivity index (χ4v) is 4.88. The lowest BCUT2D eigenvalue weighted by Crippen LogP contribution is -2.40. The summed E-state index contributed by atoms with van der Waals surface area (Å²) in [5.41, 5.74) is 1.68. The highest BCUT2D eigenvalue weighted by Crippen LogP contribution is 2.33. The molecular weight excluding hydrogens is 366 g/mol. The van der Waals surface area contributed by atoms with Crippen LogP contribution in [0, 0.1) is 0 Å². The summed E-state index contributed by atoms with van der Waals surface area (Å²) in [7, 11) is -3.92. The van der Waals surface area contributed by atoms with E-state index in [0.717, 1.165) is 15.6 Å². The predicted octanol–water partition coefficient (Wildman–Crippen LogP) is 2.23. The minimum atomic E-state index is -3.92. The average molecular weight is 383 g/mol. The van der Waals surface area contributed by atoms with Gasteiger partial charge in [-0.05, 0) is 35.9 Å². The van der Waals surface area contributed by atoms with Crippen LogP contribution in [0.15, 0.2) is 70.8 Å². The molecule has 2 aromatic rings. The highest BCUT2D eigenvalue weighted by Gasteiger charge is 2.39. The second kappa shape index (κ2) is 6.68. The van der Waals surface area contributed by atoms with Gasteiger partial charge in [0.15, 0.2) is 0 Å². The van der Waals surface area contributed by atoms with Crippen LogP contribution in [0.4, 0.5) is 0 Å². The molecule has 2 aliphatic rings. The quantitative estimate of drug-likeness (QED) is 0.822. The molecule has 0 fully saturated rings. The molecule has 0 aromatic heterocycles. The molecule has 27 heavy (non-hydrogen) atoms. The molecule has 0 saturated heterocycles. The summed E-state index contributed by atoms with van der Waals surface area (Å²) in [6.45, 7) is -0.369. The Bertz CT molecular complexity index is 1090. The van der Waals surface area contributed by atoms with Crippen molar-refractivity contribution in [2.45, 2.75) is 4.90 Å². The number of fused-ring (bicyclic) bond motifs is 2. The number of hydrogen-bond donors (Lipinski definition) is 1. The minimum absolute atomic E-state index is 0.0111. The standard InChI is InChI=1S/C20H17NO5S/c22-10-9-21-17(12-14-11-15-5-1-3-7-18(15)26-13-14)20(23)16-6-2-4-8-19(16)27(21,24)25/h1-8,11-12,22H,9-10,13H2. The van der Waals surface area contributed by atoms with Gasteiger partial charge in [-0.2, -0.15) is 0 Å². The van der Waals surface area contributed by atoms with Crippen molar-refractivity contribution >= 4 is 21.9 Å². The third kappa shape index (κ3) is 2.94. The maximum Gasteiger partial charge on any atom is 0.265 e. The van der Waals surface area contributed by atoms with Crippen molar-refractivity contribution in [2.24, 2.45) is 0 Å². The maximum absolute atomic E-state index is 13.0. The van der Waals surface area contributed by atoms with Crippen LogP contribution in [-0.2, 0) is 10.0 Å². The topological polar surface area (TPSA) is 83.9 Å². The second-order valence-corrected chi connectivity index (χ2v) is 8.03.